The first-order valence-electron chi connectivity index (χ1n) is 5.83. The summed E-state index contributed by atoms with van der Waals surface area (Å²) in [5, 5.41) is 3.16. The van der Waals surface area contributed by atoms with Crippen molar-refractivity contribution in [3.8, 4) is 0 Å². The van der Waals surface area contributed by atoms with Crippen LogP contribution in [0, 0.1) is 5.92 Å². The van der Waals surface area contributed by atoms with E-state index in [1.54, 1.807) is 0 Å². The lowest BCUT2D eigenvalue weighted by molar-refractivity contribution is -0.139. The van der Waals surface area contributed by atoms with E-state index in [-0.39, 0.29) is 12.0 Å². The van der Waals surface area contributed by atoms with Crippen molar-refractivity contribution in [2.75, 3.05) is 6.61 Å². The number of nitrogens with one attached hydrogen (secondary N) is 1. The molecule has 0 aromatic heterocycles. The quantitative estimate of drug-likeness (QED) is 0.747. The van der Waals surface area contributed by atoms with E-state index >= 15 is 0 Å². The van der Waals surface area contributed by atoms with Crippen molar-refractivity contribution in [2.45, 2.75) is 40.7 Å². The van der Waals surface area contributed by atoms with Gasteiger partial charge in [0, 0.05) is 6.04 Å². The molecule has 0 aromatic carbocycles. The molecular weight excluding hydrogens is 202 g/mol. The standard InChI is InChI=1S/C13H21NO2/c1-6-16-13(15)12-7-11(8(2)3)9(4)10(5)14-12/h7-8,10,14H,6H2,1-5H3. The van der Waals surface area contributed by atoms with Gasteiger partial charge >= 0.3 is 5.97 Å². The van der Waals surface area contributed by atoms with E-state index in [1.807, 2.05) is 13.0 Å². The van der Waals surface area contributed by atoms with Crippen molar-refractivity contribution in [2.24, 2.45) is 5.92 Å². The Kier molecular flexibility index (Phi) is 4.16. The molecule has 1 rings (SSSR count). The van der Waals surface area contributed by atoms with Gasteiger partial charge in [-0.1, -0.05) is 13.8 Å². The molecule has 0 aliphatic carbocycles. The van der Waals surface area contributed by atoms with Gasteiger partial charge < -0.3 is 10.1 Å². The Morgan fingerprint density at radius 1 is 1.56 bits per heavy atom. The lowest BCUT2D eigenvalue weighted by atomic mass is 9.91. The van der Waals surface area contributed by atoms with Gasteiger partial charge in [-0.25, -0.2) is 4.79 Å². The van der Waals surface area contributed by atoms with Crippen LogP contribution in [0.25, 0.3) is 0 Å². The molecule has 1 aliphatic heterocycles. The van der Waals surface area contributed by atoms with E-state index in [4.69, 9.17) is 4.74 Å². The van der Waals surface area contributed by atoms with E-state index in [0.29, 0.717) is 18.2 Å². The van der Waals surface area contributed by atoms with Crippen LogP contribution < -0.4 is 5.32 Å². The second kappa shape index (κ2) is 5.19. The van der Waals surface area contributed by atoms with Crippen LogP contribution in [0.3, 0.4) is 0 Å². The number of ether oxygens (including phenoxy) is 1. The first kappa shape index (κ1) is 12.8. The number of rotatable bonds is 3. The highest BCUT2D eigenvalue weighted by Gasteiger charge is 2.22. The average Bonchev–Trinajstić information content (AvgIpc) is 2.21. The summed E-state index contributed by atoms with van der Waals surface area (Å²) in [6.45, 7) is 10.7. The molecule has 3 nitrogen and oxygen atoms in total. The van der Waals surface area contributed by atoms with E-state index < -0.39 is 0 Å². The maximum absolute atomic E-state index is 11.6. The Labute approximate surface area is 97.6 Å². The molecule has 0 fully saturated rings. The monoisotopic (exact) mass is 223 g/mol. The first-order chi connectivity index (χ1) is 7.47. The van der Waals surface area contributed by atoms with Crippen LogP contribution in [0.1, 0.15) is 34.6 Å². The van der Waals surface area contributed by atoms with Crippen molar-refractivity contribution < 1.29 is 9.53 Å². The Morgan fingerprint density at radius 2 is 2.19 bits per heavy atom. The van der Waals surface area contributed by atoms with Crippen LogP contribution in [0.2, 0.25) is 0 Å². The largest absolute Gasteiger partial charge is 0.461 e. The molecule has 1 aliphatic rings. The van der Waals surface area contributed by atoms with E-state index in [1.165, 1.54) is 11.1 Å². The average molecular weight is 223 g/mol. The van der Waals surface area contributed by atoms with Crippen molar-refractivity contribution in [1.82, 2.24) is 5.32 Å². The molecule has 1 atom stereocenters. The highest BCUT2D eigenvalue weighted by atomic mass is 16.5. The van der Waals surface area contributed by atoms with Crippen LogP contribution in [0.5, 0.6) is 0 Å². The maximum atomic E-state index is 11.6. The van der Waals surface area contributed by atoms with Crippen LogP contribution in [0.4, 0.5) is 0 Å². The Balaban J connectivity index is 2.98. The lowest BCUT2D eigenvalue weighted by Gasteiger charge is -2.27. The molecule has 1 unspecified atom stereocenters. The van der Waals surface area contributed by atoms with Crippen molar-refractivity contribution in [3.05, 3.63) is 22.9 Å². The lowest BCUT2D eigenvalue weighted by Crippen LogP contribution is -2.35. The molecule has 0 saturated heterocycles. The molecule has 90 valence electrons. The molecule has 0 aromatic rings. The molecule has 0 saturated carbocycles. The van der Waals surface area contributed by atoms with Crippen LogP contribution >= 0.6 is 0 Å². The summed E-state index contributed by atoms with van der Waals surface area (Å²) in [7, 11) is 0. The SMILES string of the molecule is CCOC(=O)C1=CC(C(C)C)=C(C)C(C)N1. The number of carbonyl (C=O) groups excluding carboxylic acids is 1. The zero-order valence-corrected chi connectivity index (χ0v) is 10.8. The molecule has 0 amide bonds. The molecule has 1 N–H and O–H groups in total. The fraction of sp³-hybridized carbons (Fsp3) is 0.615. The second-order valence-electron chi connectivity index (χ2n) is 4.44. The molecule has 1 heterocycles. The third-order valence-electron chi connectivity index (χ3n) is 2.89. The van der Waals surface area contributed by atoms with Crippen molar-refractivity contribution in [1.29, 1.82) is 0 Å². The minimum atomic E-state index is -0.264. The van der Waals surface area contributed by atoms with Gasteiger partial charge in [-0.2, -0.15) is 0 Å². The van der Waals surface area contributed by atoms with Gasteiger partial charge in [0.2, 0.25) is 0 Å². The predicted molar refractivity (Wildman–Crippen MR) is 64.9 cm³/mol. The number of hydrogen-bond acceptors (Lipinski definition) is 3. The van der Waals surface area contributed by atoms with Crippen LogP contribution in [0.15, 0.2) is 22.9 Å². The van der Waals surface area contributed by atoms with Gasteiger partial charge in [-0.15, -0.1) is 0 Å². The molecular formula is C13H21NO2. The minimum Gasteiger partial charge on any atom is -0.461 e. The number of allylic oxidation sites excluding steroid dienone is 2. The summed E-state index contributed by atoms with van der Waals surface area (Å²) in [5.41, 5.74) is 3.10. The highest BCUT2D eigenvalue weighted by Crippen LogP contribution is 2.24. The van der Waals surface area contributed by atoms with Gasteiger partial charge in [0.1, 0.15) is 5.70 Å². The summed E-state index contributed by atoms with van der Waals surface area (Å²) in [6.07, 6.45) is 1.91. The fourth-order valence-electron chi connectivity index (χ4n) is 1.85. The summed E-state index contributed by atoms with van der Waals surface area (Å²) in [4.78, 5) is 11.6. The third-order valence-corrected chi connectivity index (χ3v) is 2.89. The number of hydrogen-bond donors (Lipinski definition) is 1. The first-order valence-corrected chi connectivity index (χ1v) is 5.83. The summed E-state index contributed by atoms with van der Waals surface area (Å²) < 4.78 is 5.00. The van der Waals surface area contributed by atoms with Crippen molar-refractivity contribution >= 4 is 5.97 Å². The Hall–Kier alpha value is -1.25. The topological polar surface area (TPSA) is 38.3 Å². The van der Waals surface area contributed by atoms with Gasteiger partial charge in [0.25, 0.3) is 0 Å². The van der Waals surface area contributed by atoms with E-state index in [0.717, 1.165) is 0 Å². The van der Waals surface area contributed by atoms with Crippen LogP contribution in [-0.2, 0) is 9.53 Å². The molecule has 0 radical (unpaired) electrons. The molecule has 0 bridgehead atoms. The normalized spacial score (nSPS) is 20.6. The third kappa shape index (κ3) is 2.65. The van der Waals surface area contributed by atoms with Gasteiger partial charge in [0.05, 0.1) is 6.61 Å². The second-order valence-corrected chi connectivity index (χ2v) is 4.44. The van der Waals surface area contributed by atoms with Crippen molar-refractivity contribution in [3.63, 3.8) is 0 Å². The van der Waals surface area contributed by atoms with Gasteiger partial charge in [-0.05, 0) is 43.9 Å². The minimum absolute atomic E-state index is 0.196. The molecule has 3 heteroatoms. The summed E-state index contributed by atoms with van der Waals surface area (Å²) in [5.74, 6) is 0.161. The maximum Gasteiger partial charge on any atom is 0.354 e. The zero-order valence-electron chi connectivity index (χ0n) is 10.8. The molecule has 16 heavy (non-hydrogen) atoms. The Bertz CT molecular complexity index is 340. The fourth-order valence-corrected chi connectivity index (χ4v) is 1.85. The number of dihydropyridines is 1. The van der Waals surface area contributed by atoms with E-state index in [9.17, 15) is 4.79 Å². The summed E-state index contributed by atoms with van der Waals surface area (Å²) in [6, 6.07) is 0.196. The molecule has 0 spiro atoms. The Morgan fingerprint density at radius 3 is 2.69 bits per heavy atom. The van der Waals surface area contributed by atoms with Crippen LogP contribution in [-0.4, -0.2) is 18.6 Å². The van der Waals surface area contributed by atoms with Gasteiger partial charge in [0.15, 0.2) is 0 Å². The number of carbonyl (C=O) groups is 1. The smallest absolute Gasteiger partial charge is 0.354 e. The predicted octanol–water partition coefficient (Wildman–Crippen LogP) is 2.40. The van der Waals surface area contributed by atoms with E-state index in [2.05, 4.69) is 33.0 Å². The van der Waals surface area contributed by atoms with Gasteiger partial charge in [-0.3, -0.25) is 0 Å². The highest BCUT2D eigenvalue weighted by molar-refractivity contribution is 5.89. The zero-order chi connectivity index (χ0) is 12.3. The summed E-state index contributed by atoms with van der Waals surface area (Å²) >= 11 is 0. The number of esters is 1.